The fourth-order valence-corrected chi connectivity index (χ4v) is 3.23. The van der Waals surface area contributed by atoms with E-state index in [4.69, 9.17) is 0 Å². The molecule has 1 aliphatic heterocycles. The lowest BCUT2D eigenvalue weighted by molar-refractivity contribution is -0.121. The van der Waals surface area contributed by atoms with Crippen LogP contribution in [0, 0.1) is 0 Å². The summed E-state index contributed by atoms with van der Waals surface area (Å²) < 4.78 is 0. The van der Waals surface area contributed by atoms with E-state index in [1.54, 1.807) is 13.1 Å². The third-order valence-electron chi connectivity index (χ3n) is 3.53. The van der Waals surface area contributed by atoms with Crippen LogP contribution < -0.4 is 0 Å². The highest BCUT2D eigenvalue weighted by Gasteiger charge is 2.30. The zero-order valence-corrected chi connectivity index (χ0v) is 14.0. The van der Waals surface area contributed by atoms with Crippen molar-refractivity contribution >= 4 is 40.6 Å². The molecule has 1 fully saturated rings. The summed E-state index contributed by atoms with van der Waals surface area (Å²) in [4.78, 5) is 29.9. The van der Waals surface area contributed by atoms with Gasteiger partial charge in [0.25, 0.3) is 5.91 Å². The Labute approximate surface area is 148 Å². The van der Waals surface area contributed by atoms with Crippen molar-refractivity contribution in [3.63, 3.8) is 0 Å². The molecule has 0 atom stereocenters. The molecule has 25 heavy (non-hydrogen) atoms. The van der Waals surface area contributed by atoms with E-state index < -0.39 is 5.97 Å². The second-order valence-corrected chi connectivity index (χ2v) is 6.30. The van der Waals surface area contributed by atoms with E-state index in [0.717, 1.165) is 11.6 Å². The van der Waals surface area contributed by atoms with Crippen LogP contribution in [-0.4, -0.2) is 39.2 Å². The number of phenols is 1. The van der Waals surface area contributed by atoms with Gasteiger partial charge in [-0.3, -0.25) is 9.69 Å². The van der Waals surface area contributed by atoms with E-state index in [9.17, 15) is 19.8 Å². The monoisotopic (exact) mass is 354 g/mol. The Hall–Kier alpha value is -3.06. The van der Waals surface area contributed by atoms with Gasteiger partial charge in [0.15, 0.2) is 5.17 Å². The van der Waals surface area contributed by atoms with Gasteiger partial charge in [0.1, 0.15) is 5.75 Å². The molecule has 1 amide bonds. The summed E-state index contributed by atoms with van der Waals surface area (Å²) in [7, 11) is 1.58. The van der Waals surface area contributed by atoms with Crippen molar-refractivity contribution in [2.45, 2.75) is 0 Å². The molecule has 0 spiro atoms. The van der Waals surface area contributed by atoms with Gasteiger partial charge in [-0.05, 0) is 41.6 Å². The first-order valence-corrected chi connectivity index (χ1v) is 8.15. The Kier molecular flexibility index (Phi) is 4.58. The average Bonchev–Trinajstić information content (AvgIpc) is 2.85. The van der Waals surface area contributed by atoms with Crippen LogP contribution in [0.5, 0.6) is 5.75 Å². The van der Waals surface area contributed by atoms with Crippen LogP contribution in [0.3, 0.4) is 0 Å². The number of aromatic carboxylic acids is 1. The number of hydrogen-bond donors (Lipinski definition) is 2. The number of carbonyl (C=O) groups is 2. The molecule has 2 aromatic rings. The molecule has 1 saturated heterocycles. The summed E-state index contributed by atoms with van der Waals surface area (Å²) >= 11 is 1.17. The fourth-order valence-electron chi connectivity index (χ4n) is 2.25. The van der Waals surface area contributed by atoms with Crippen LogP contribution in [0.2, 0.25) is 0 Å². The van der Waals surface area contributed by atoms with Crippen LogP contribution in [0.4, 0.5) is 5.69 Å². The van der Waals surface area contributed by atoms with Gasteiger partial charge in [-0.1, -0.05) is 30.3 Å². The highest BCUT2D eigenvalue weighted by molar-refractivity contribution is 8.18. The van der Waals surface area contributed by atoms with Crippen molar-refractivity contribution in [3.05, 3.63) is 64.6 Å². The van der Waals surface area contributed by atoms with E-state index in [2.05, 4.69) is 4.99 Å². The molecular formula is C18H14N2O4S. The number of amides is 1. The highest BCUT2D eigenvalue weighted by Crippen LogP contribution is 2.34. The molecule has 1 aliphatic rings. The van der Waals surface area contributed by atoms with Gasteiger partial charge >= 0.3 is 5.97 Å². The standard InChI is InChI=1S/C18H14N2O4S/c1-20-16(22)15(9-11-5-3-2-4-6-11)25-18(20)19-14-8-7-12(21)10-13(14)17(23)24/h2-10,21H,1H3,(H,23,24)/b15-9-,19-18?. The maximum Gasteiger partial charge on any atom is 0.338 e. The number of aromatic hydroxyl groups is 1. The average molecular weight is 354 g/mol. The lowest BCUT2D eigenvalue weighted by Gasteiger charge is -2.08. The molecule has 126 valence electrons. The number of phenolic OH excluding ortho intramolecular Hbond substituents is 1. The maximum atomic E-state index is 12.4. The second kappa shape index (κ2) is 6.82. The molecule has 2 N–H and O–H groups in total. The SMILES string of the molecule is CN1C(=O)/C(=C/c2ccccc2)SC1=Nc1ccc(O)cc1C(=O)O. The van der Waals surface area contributed by atoms with Gasteiger partial charge in [0.05, 0.1) is 16.2 Å². The number of carbonyl (C=O) groups excluding carboxylic acids is 1. The first kappa shape index (κ1) is 16.8. The number of thioether (sulfide) groups is 1. The first-order chi connectivity index (χ1) is 12.0. The quantitative estimate of drug-likeness (QED) is 0.825. The molecule has 0 bridgehead atoms. The van der Waals surface area contributed by atoms with Crippen LogP contribution in [0.1, 0.15) is 15.9 Å². The smallest absolute Gasteiger partial charge is 0.338 e. The lowest BCUT2D eigenvalue weighted by Crippen LogP contribution is -2.23. The lowest BCUT2D eigenvalue weighted by atomic mass is 10.2. The number of rotatable bonds is 3. The zero-order chi connectivity index (χ0) is 18.0. The zero-order valence-electron chi connectivity index (χ0n) is 13.2. The Balaban J connectivity index is 1.97. The van der Waals surface area contributed by atoms with Crippen LogP contribution in [0.25, 0.3) is 6.08 Å². The van der Waals surface area contributed by atoms with E-state index in [-0.39, 0.29) is 22.9 Å². The van der Waals surface area contributed by atoms with Gasteiger partial charge in [-0.2, -0.15) is 0 Å². The summed E-state index contributed by atoms with van der Waals surface area (Å²) in [6.45, 7) is 0. The molecular weight excluding hydrogens is 340 g/mol. The molecule has 7 heteroatoms. The van der Waals surface area contributed by atoms with Gasteiger partial charge in [0, 0.05) is 7.05 Å². The van der Waals surface area contributed by atoms with Gasteiger partial charge in [-0.25, -0.2) is 9.79 Å². The molecule has 2 aromatic carbocycles. The summed E-state index contributed by atoms with van der Waals surface area (Å²) in [5.74, 6) is -1.56. The number of hydrogen-bond acceptors (Lipinski definition) is 5. The number of carboxylic acid groups (broad SMARTS) is 1. The minimum atomic E-state index is -1.20. The maximum absolute atomic E-state index is 12.4. The van der Waals surface area contributed by atoms with Gasteiger partial charge < -0.3 is 10.2 Å². The van der Waals surface area contributed by atoms with E-state index in [0.29, 0.717) is 10.1 Å². The Morgan fingerprint density at radius 3 is 2.60 bits per heavy atom. The van der Waals surface area contributed by atoms with Crippen LogP contribution in [0.15, 0.2) is 58.4 Å². The van der Waals surface area contributed by atoms with Crippen molar-refractivity contribution in [1.29, 1.82) is 0 Å². The van der Waals surface area contributed by atoms with Crippen molar-refractivity contribution in [2.75, 3.05) is 7.05 Å². The Bertz CT molecular complexity index is 907. The van der Waals surface area contributed by atoms with Crippen molar-refractivity contribution < 1.29 is 19.8 Å². The van der Waals surface area contributed by atoms with Crippen LogP contribution >= 0.6 is 11.8 Å². The highest BCUT2D eigenvalue weighted by atomic mass is 32.2. The van der Waals surface area contributed by atoms with Gasteiger partial charge in [0.2, 0.25) is 0 Å². The van der Waals surface area contributed by atoms with Crippen molar-refractivity contribution in [1.82, 2.24) is 4.90 Å². The number of aliphatic imine (C=N–C) groups is 1. The minimum Gasteiger partial charge on any atom is -0.508 e. The third-order valence-corrected chi connectivity index (χ3v) is 4.59. The predicted molar refractivity (Wildman–Crippen MR) is 96.9 cm³/mol. The predicted octanol–water partition coefficient (Wildman–Crippen LogP) is 3.32. The second-order valence-electron chi connectivity index (χ2n) is 5.29. The molecule has 0 aliphatic carbocycles. The summed E-state index contributed by atoms with van der Waals surface area (Å²) in [6.07, 6.45) is 1.76. The summed E-state index contributed by atoms with van der Waals surface area (Å²) in [5.41, 5.74) is 0.937. The number of nitrogens with zero attached hydrogens (tertiary/aromatic N) is 2. The molecule has 0 aromatic heterocycles. The first-order valence-electron chi connectivity index (χ1n) is 7.33. The Morgan fingerprint density at radius 1 is 1.20 bits per heavy atom. The third kappa shape index (κ3) is 3.56. The normalized spacial score (nSPS) is 17.5. The molecule has 0 saturated carbocycles. The number of benzene rings is 2. The molecule has 6 nitrogen and oxygen atoms in total. The van der Waals surface area contributed by atoms with Crippen molar-refractivity contribution in [2.24, 2.45) is 4.99 Å². The topological polar surface area (TPSA) is 90.2 Å². The van der Waals surface area contributed by atoms with E-state index >= 15 is 0 Å². The van der Waals surface area contributed by atoms with E-state index in [1.165, 1.54) is 28.8 Å². The number of carboxylic acids is 1. The largest absolute Gasteiger partial charge is 0.508 e. The van der Waals surface area contributed by atoms with E-state index in [1.807, 2.05) is 30.3 Å². The molecule has 3 rings (SSSR count). The molecule has 0 unspecified atom stereocenters. The number of likely N-dealkylation sites (N-methyl/N-ethyl adjacent to an activating group) is 1. The molecule has 0 radical (unpaired) electrons. The van der Waals surface area contributed by atoms with Crippen LogP contribution in [-0.2, 0) is 4.79 Å². The van der Waals surface area contributed by atoms with Gasteiger partial charge in [-0.15, -0.1) is 0 Å². The van der Waals surface area contributed by atoms with Crippen molar-refractivity contribution in [3.8, 4) is 5.75 Å². The Morgan fingerprint density at radius 2 is 1.92 bits per heavy atom. The fraction of sp³-hybridized carbons (Fsp3) is 0.0556. The summed E-state index contributed by atoms with van der Waals surface area (Å²) in [6, 6.07) is 13.3. The minimum absolute atomic E-state index is 0.130. The molecule has 1 heterocycles. The number of amidine groups is 1. The summed E-state index contributed by atoms with van der Waals surface area (Å²) in [5, 5.41) is 19.1.